The van der Waals surface area contributed by atoms with Gasteiger partial charge in [0.25, 0.3) is 0 Å². The molecule has 24 heavy (non-hydrogen) atoms. The Kier molecular flexibility index (Phi) is 17.6. The van der Waals surface area contributed by atoms with E-state index < -0.39 is 0 Å². The van der Waals surface area contributed by atoms with E-state index >= 15 is 0 Å². The molecule has 0 atom stereocenters. The number of halogens is 1. The molecular weight excluding hydrogens is 405 g/mol. The molecule has 0 aromatic heterocycles. The van der Waals surface area contributed by atoms with Gasteiger partial charge in [-0.1, -0.05) is 90.4 Å². The van der Waals surface area contributed by atoms with Gasteiger partial charge in [0, 0.05) is 12.8 Å². The largest absolute Gasteiger partial charge is 1.00 e. The molecule has 0 N–H and O–H groups in total. The van der Waals surface area contributed by atoms with Gasteiger partial charge >= 0.3 is 0 Å². The SMILES string of the molecule is CCCCCCCCCCCCCCCCC[N+]1(C)CCCC1.[I-]. The van der Waals surface area contributed by atoms with Crippen LogP contribution in [0.5, 0.6) is 0 Å². The summed E-state index contributed by atoms with van der Waals surface area (Å²) in [5, 5.41) is 0. The van der Waals surface area contributed by atoms with Gasteiger partial charge in [0.05, 0.1) is 26.7 Å². The average Bonchev–Trinajstić information content (AvgIpc) is 2.98. The van der Waals surface area contributed by atoms with Crippen molar-refractivity contribution >= 4 is 0 Å². The average molecular weight is 452 g/mol. The molecular formula is C22H46IN. The first-order chi connectivity index (χ1) is 11.3. The van der Waals surface area contributed by atoms with E-state index in [-0.39, 0.29) is 24.0 Å². The lowest BCUT2D eigenvalue weighted by Crippen LogP contribution is -3.00. The van der Waals surface area contributed by atoms with Gasteiger partial charge in [-0.2, -0.15) is 0 Å². The molecule has 0 aromatic rings. The van der Waals surface area contributed by atoms with E-state index in [0.717, 1.165) is 0 Å². The molecule has 1 aliphatic heterocycles. The highest BCUT2D eigenvalue weighted by molar-refractivity contribution is 4.53. The molecule has 0 aliphatic carbocycles. The normalized spacial score (nSPS) is 16.2. The Hall–Kier alpha value is 0.690. The Labute approximate surface area is 171 Å². The fourth-order valence-corrected chi connectivity index (χ4v) is 4.19. The Balaban J connectivity index is 0.00000529. The van der Waals surface area contributed by atoms with Gasteiger partial charge in [0.2, 0.25) is 0 Å². The third-order valence-corrected chi connectivity index (χ3v) is 5.95. The zero-order valence-corrected chi connectivity index (χ0v) is 19.1. The van der Waals surface area contributed by atoms with Gasteiger partial charge in [-0.3, -0.25) is 0 Å². The van der Waals surface area contributed by atoms with Crippen LogP contribution in [0.2, 0.25) is 0 Å². The second-order valence-corrected chi connectivity index (χ2v) is 8.45. The van der Waals surface area contributed by atoms with Crippen molar-refractivity contribution in [1.82, 2.24) is 0 Å². The van der Waals surface area contributed by atoms with Gasteiger partial charge in [0.1, 0.15) is 0 Å². The van der Waals surface area contributed by atoms with E-state index in [1.807, 2.05) is 0 Å². The van der Waals surface area contributed by atoms with E-state index in [4.69, 9.17) is 0 Å². The molecule has 0 radical (unpaired) electrons. The summed E-state index contributed by atoms with van der Waals surface area (Å²) in [5.41, 5.74) is 0. The summed E-state index contributed by atoms with van der Waals surface area (Å²) in [4.78, 5) is 0. The van der Waals surface area contributed by atoms with Crippen LogP contribution < -0.4 is 24.0 Å². The molecule has 1 nitrogen and oxygen atoms in total. The summed E-state index contributed by atoms with van der Waals surface area (Å²) in [6, 6.07) is 0. The Morgan fingerprint density at radius 1 is 0.542 bits per heavy atom. The maximum atomic E-state index is 2.47. The van der Waals surface area contributed by atoms with Gasteiger partial charge in [0.15, 0.2) is 0 Å². The third-order valence-electron chi connectivity index (χ3n) is 5.95. The van der Waals surface area contributed by atoms with E-state index in [9.17, 15) is 0 Å². The minimum Gasteiger partial charge on any atom is -1.00 e. The topological polar surface area (TPSA) is 0 Å². The highest BCUT2D eigenvalue weighted by Gasteiger charge is 2.25. The van der Waals surface area contributed by atoms with Gasteiger partial charge in [-0.25, -0.2) is 0 Å². The molecule has 1 saturated heterocycles. The second kappa shape index (κ2) is 17.1. The van der Waals surface area contributed by atoms with Crippen LogP contribution in [0.15, 0.2) is 0 Å². The molecule has 146 valence electrons. The number of rotatable bonds is 16. The zero-order valence-electron chi connectivity index (χ0n) is 17.0. The monoisotopic (exact) mass is 451 g/mol. The number of quaternary nitrogens is 1. The van der Waals surface area contributed by atoms with Crippen molar-refractivity contribution in [3.63, 3.8) is 0 Å². The van der Waals surface area contributed by atoms with Crippen LogP contribution in [0.1, 0.15) is 116 Å². The second-order valence-electron chi connectivity index (χ2n) is 8.45. The summed E-state index contributed by atoms with van der Waals surface area (Å²) < 4.78 is 1.37. The number of hydrogen-bond acceptors (Lipinski definition) is 0. The summed E-state index contributed by atoms with van der Waals surface area (Å²) in [6.07, 6.45) is 25.0. The first-order valence-electron chi connectivity index (χ1n) is 11.1. The Morgan fingerprint density at radius 2 is 0.875 bits per heavy atom. The lowest BCUT2D eigenvalue weighted by Gasteiger charge is -2.29. The van der Waals surface area contributed by atoms with Crippen LogP contribution >= 0.6 is 0 Å². The minimum absolute atomic E-state index is 0. The van der Waals surface area contributed by atoms with E-state index in [1.165, 1.54) is 133 Å². The Bertz CT molecular complexity index is 248. The predicted molar refractivity (Wildman–Crippen MR) is 105 cm³/mol. The lowest BCUT2D eigenvalue weighted by atomic mass is 10.0. The predicted octanol–water partition coefficient (Wildman–Crippen LogP) is 4.10. The van der Waals surface area contributed by atoms with Crippen molar-refractivity contribution in [2.45, 2.75) is 116 Å². The smallest absolute Gasteiger partial charge is 0.0786 e. The molecule has 0 spiro atoms. The van der Waals surface area contributed by atoms with Crippen LogP contribution in [-0.4, -0.2) is 31.2 Å². The molecule has 0 unspecified atom stereocenters. The molecule has 2 heteroatoms. The third kappa shape index (κ3) is 13.9. The fourth-order valence-electron chi connectivity index (χ4n) is 4.19. The summed E-state index contributed by atoms with van der Waals surface area (Å²) in [7, 11) is 2.47. The van der Waals surface area contributed by atoms with Crippen LogP contribution in [-0.2, 0) is 0 Å². The maximum absolute atomic E-state index is 2.47. The van der Waals surface area contributed by atoms with Gasteiger partial charge in [-0.05, 0) is 12.8 Å². The van der Waals surface area contributed by atoms with Crippen molar-refractivity contribution in [3.05, 3.63) is 0 Å². The summed E-state index contributed by atoms with van der Waals surface area (Å²) >= 11 is 0. The molecule has 1 heterocycles. The molecule has 0 saturated carbocycles. The minimum atomic E-state index is 0. The van der Waals surface area contributed by atoms with Crippen LogP contribution in [0.4, 0.5) is 0 Å². The molecule has 0 aromatic carbocycles. The fraction of sp³-hybridized carbons (Fsp3) is 1.00. The summed E-state index contributed by atoms with van der Waals surface area (Å²) in [6.45, 7) is 6.63. The van der Waals surface area contributed by atoms with Crippen molar-refractivity contribution in [1.29, 1.82) is 0 Å². The zero-order chi connectivity index (χ0) is 16.6. The van der Waals surface area contributed by atoms with E-state index in [1.54, 1.807) is 0 Å². The first kappa shape index (κ1) is 24.7. The van der Waals surface area contributed by atoms with Crippen LogP contribution in [0, 0.1) is 0 Å². The highest BCUT2D eigenvalue weighted by atomic mass is 127. The number of unbranched alkanes of at least 4 members (excludes halogenated alkanes) is 14. The van der Waals surface area contributed by atoms with Crippen LogP contribution in [0.3, 0.4) is 0 Å². The lowest BCUT2D eigenvalue weighted by molar-refractivity contribution is -0.897. The highest BCUT2D eigenvalue weighted by Crippen LogP contribution is 2.18. The first-order valence-corrected chi connectivity index (χ1v) is 11.1. The van der Waals surface area contributed by atoms with Crippen molar-refractivity contribution in [2.24, 2.45) is 0 Å². The number of hydrogen-bond donors (Lipinski definition) is 0. The molecule has 1 rings (SSSR count). The molecule has 0 bridgehead atoms. The van der Waals surface area contributed by atoms with Crippen molar-refractivity contribution in [3.8, 4) is 0 Å². The quantitative estimate of drug-likeness (QED) is 0.188. The van der Waals surface area contributed by atoms with Gasteiger partial charge < -0.3 is 28.5 Å². The van der Waals surface area contributed by atoms with Crippen LogP contribution in [0.25, 0.3) is 0 Å². The number of likely N-dealkylation sites (tertiary alicyclic amines) is 1. The van der Waals surface area contributed by atoms with Gasteiger partial charge in [-0.15, -0.1) is 0 Å². The summed E-state index contributed by atoms with van der Waals surface area (Å²) in [5.74, 6) is 0. The molecule has 0 amide bonds. The standard InChI is InChI=1S/C22H46N.HI/c1-3-4-5-6-7-8-9-10-11-12-13-14-15-16-17-20-23(2)21-18-19-22-23;/h3-22H2,1-2H3;1H/q+1;/p-1. The van der Waals surface area contributed by atoms with Crippen molar-refractivity contribution < 1.29 is 28.5 Å². The van der Waals surface area contributed by atoms with Crippen molar-refractivity contribution in [2.75, 3.05) is 26.7 Å². The van der Waals surface area contributed by atoms with E-state index in [2.05, 4.69) is 14.0 Å². The van der Waals surface area contributed by atoms with E-state index in [0.29, 0.717) is 0 Å². The maximum Gasteiger partial charge on any atom is 0.0786 e. The molecule has 1 aliphatic rings. The number of nitrogens with zero attached hydrogens (tertiary/aromatic N) is 1. The Morgan fingerprint density at radius 3 is 1.25 bits per heavy atom. The molecule has 1 fully saturated rings.